The number of ether oxygens (including phenoxy) is 1. The largest absolute Gasteiger partial charge is 0.456 e. The lowest BCUT2D eigenvalue weighted by atomic mass is 10.1. The molecule has 0 amide bonds. The number of nitrogens with zero attached hydrogens (tertiary/aromatic N) is 2. The molecule has 2 aromatic rings. The fourth-order valence-corrected chi connectivity index (χ4v) is 1.77. The van der Waals surface area contributed by atoms with Gasteiger partial charge in [-0.3, -0.25) is 0 Å². The number of nitrogens with one attached hydrogen (secondary N) is 1. The van der Waals surface area contributed by atoms with Gasteiger partial charge in [0.1, 0.15) is 11.3 Å². The van der Waals surface area contributed by atoms with Gasteiger partial charge in [0.05, 0.1) is 5.56 Å². The number of carbonyl (C=O) groups excluding carboxylic acids is 1. The zero-order valence-corrected chi connectivity index (χ0v) is 13.3. The summed E-state index contributed by atoms with van der Waals surface area (Å²) in [6.45, 7) is 5.22. The lowest BCUT2D eigenvalue weighted by molar-refractivity contribution is -0.141. The molecule has 0 radical (unpaired) electrons. The topological polar surface area (TPSA) is 64.1 Å². The number of hydrogen-bond acceptors (Lipinski definition) is 5. The van der Waals surface area contributed by atoms with Gasteiger partial charge in [-0.15, -0.1) is 0 Å². The summed E-state index contributed by atoms with van der Waals surface area (Å²) in [5.41, 5.74) is -1.06. The maximum atomic E-state index is 12.7. The minimum Gasteiger partial charge on any atom is -0.456 e. The SMILES string of the molecule is CC(C)(C)OC(=O)c1cccc(Nc2nccc(C(F)(F)F)n2)c1. The van der Waals surface area contributed by atoms with Gasteiger partial charge in [0, 0.05) is 11.9 Å². The lowest BCUT2D eigenvalue weighted by Crippen LogP contribution is -2.23. The average molecular weight is 339 g/mol. The van der Waals surface area contributed by atoms with E-state index in [4.69, 9.17) is 4.74 Å². The van der Waals surface area contributed by atoms with Crippen molar-refractivity contribution in [3.8, 4) is 0 Å². The summed E-state index contributed by atoms with van der Waals surface area (Å²) < 4.78 is 43.2. The van der Waals surface area contributed by atoms with Crippen LogP contribution in [-0.2, 0) is 10.9 Å². The number of esters is 1. The third kappa shape index (κ3) is 4.94. The van der Waals surface area contributed by atoms with Crippen molar-refractivity contribution in [1.29, 1.82) is 0 Å². The van der Waals surface area contributed by atoms with E-state index in [1.807, 2.05) is 0 Å². The fourth-order valence-electron chi connectivity index (χ4n) is 1.77. The summed E-state index contributed by atoms with van der Waals surface area (Å²) in [6.07, 6.45) is -3.55. The summed E-state index contributed by atoms with van der Waals surface area (Å²) in [5.74, 6) is -0.748. The van der Waals surface area contributed by atoms with Gasteiger partial charge in [0.25, 0.3) is 0 Å². The third-order valence-electron chi connectivity index (χ3n) is 2.70. The fraction of sp³-hybridized carbons (Fsp3) is 0.312. The number of carbonyl (C=O) groups is 1. The highest BCUT2D eigenvalue weighted by atomic mass is 19.4. The van der Waals surface area contributed by atoms with E-state index < -0.39 is 23.4 Å². The summed E-state index contributed by atoms with van der Waals surface area (Å²) in [4.78, 5) is 19.2. The summed E-state index contributed by atoms with van der Waals surface area (Å²) >= 11 is 0. The zero-order valence-electron chi connectivity index (χ0n) is 13.3. The highest BCUT2D eigenvalue weighted by Crippen LogP contribution is 2.28. The van der Waals surface area contributed by atoms with Gasteiger partial charge in [-0.25, -0.2) is 14.8 Å². The maximum absolute atomic E-state index is 12.7. The Morgan fingerprint density at radius 2 is 1.88 bits per heavy atom. The molecule has 0 aliphatic heterocycles. The molecule has 0 aliphatic rings. The molecule has 1 aromatic carbocycles. The number of alkyl halides is 3. The Balaban J connectivity index is 2.20. The molecule has 5 nitrogen and oxygen atoms in total. The number of benzene rings is 1. The van der Waals surface area contributed by atoms with Crippen LogP contribution in [-0.4, -0.2) is 21.5 Å². The monoisotopic (exact) mass is 339 g/mol. The Morgan fingerprint density at radius 3 is 2.50 bits per heavy atom. The molecule has 0 aliphatic carbocycles. The van der Waals surface area contributed by atoms with Crippen LogP contribution in [0.15, 0.2) is 36.5 Å². The normalized spacial score (nSPS) is 11.9. The molecule has 0 unspecified atom stereocenters. The van der Waals surface area contributed by atoms with Crippen molar-refractivity contribution in [2.24, 2.45) is 0 Å². The van der Waals surface area contributed by atoms with Gasteiger partial charge in [-0.05, 0) is 45.0 Å². The molecule has 2 rings (SSSR count). The van der Waals surface area contributed by atoms with Gasteiger partial charge in [-0.1, -0.05) is 6.07 Å². The van der Waals surface area contributed by atoms with E-state index in [0.29, 0.717) is 5.69 Å². The van der Waals surface area contributed by atoms with Gasteiger partial charge in [0.2, 0.25) is 5.95 Å². The Hall–Kier alpha value is -2.64. The van der Waals surface area contributed by atoms with Crippen molar-refractivity contribution in [2.75, 3.05) is 5.32 Å². The van der Waals surface area contributed by atoms with Crippen LogP contribution in [0.1, 0.15) is 36.8 Å². The minimum absolute atomic E-state index is 0.217. The highest BCUT2D eigenvalue weighted by molar-refractivity contribution is 5.91. The molecular formula is C16H16F3N3O2. The molecule has 0 fully saturated rings. The number of halogens is 3. The Bertz CT molecular complexity index is 740. The lowest BCUT2D eigenvalue weighted by Gasteiger charge is -2.19. The minimum atomic E-state index is -4.56. The van der Waals surface area contributed by atoms with E-state index in [1.165, 1.54) is 6.07 Å². The standard InChI is InChI=1S/C16H16F3N3O2/c1-15(2,3)24-13(23)10-5-4-6-11(9-10)21-14-20-8-7-12(22-14)16(17,18)19/h4-9H,1-3H3,(H,20,21,22). The van der Waals surface area contributed by atoms with Crippen LogP contribution in [0.3, 0.4) is 0 Å². The van der Waals surface area contributed by atoms with Crippen molar-refractivity contribution in [2.45, 2.75) is 32.5 Å². The van der Waals surface area contributed by atoms with Crippen molar-refractivity contribution in [1.82, 2.24) is 9.97 Å². The molecule has 0 saturated heterocycles. The molecule has 24 heavy (non-hydrogen) atoms. The van der Waals surface area contributed by atoms with Crippen LogP contribution in [0.25, 0.3) is 0 Å². The van der Waals surface area contributed by atoms with E-state index in [0.717, 1.165) is 12.3 Å². The smallest absolute Gasteiger partial charge is 0.433 e. The van der Waals surface area contributed by atoms with Crippen LogP contribution in [0, 0.1) is 0 Å². The molecule has 1 N–H and O–H groups in total. The second-order valence-corrected chi connectivity index (χ2v) is 5.97. The average Bonchev–Trinajstić information content (AvgIpc) is 2.45. The highest BCUT2D eigenvalue weighted by Gasteiger charge is 2.32. The maximum Gasteiger partial charge on any atom is 0.433 e. The third-order valence-corrected chi connectivity index (χ3v) is 2.70. The molecular weight excluding hydrogens is 323 g/mol. The van der Waals surface area contributed by atoms with Gasteiger partial charge in [0.15, 0.2) is 0 Å². The van der Waals surface area contributed by atoms with Gasteiger partial charge >= 0.3 is 12.1 Å². The molecule has 1 aromatic heterocycles. The van der Waals surface area contributed by atoms with E-state index in [1.54, 1.807) is 39.0 Å². The second kappa shape index (κ2) is 6.46. The van der Waals surface area contributed by atoms with Crippen LogP contribution in [0.2, 0.25) is 0 Å². The van der Waals surface area contributed by atoms with Crippen molar-refractivity contribution in [3.63, 3.8) is 0 Å². The Morgan fingerprint density at radius 1 is 1.17 bits per heavy atom. The van der Waals surface area contributed by atoms with Crippen molar-refractivity contribution in [3.05, 3.63) is 47.8 Å². The number of aromatic nitrogens is 2. The number of anilines is 2. The van der Waals surface area contributed by atoms with Gasteiger partial charge < -0.3 is 10.1 Å². The zero-order chi connectivity index (χ0) is 18.0. The van der Waals surface area contributed by atoms with Crippen LogP contribution >= 0.6 is 0 Å². The van der Waals surface area contributed by atoms with Crippen molar-refractivity contribution < 1.29 is 22.7 Å². The van der Waals surface area contributed by atoms with Gasteiger partial charge in [-0.2, -0.15) is 13.2 Å². The molecule has 0 atom stereocenters. The second-order valence-electron chi connectivity index (χ2n) is 5.97. The first-order valence-corrected chi connectivity index (χ1v) is 7.05. The predicted molar refractivity (Wildman–Crippen MR) is 81.9 cm³/mol. The van der Waals surface area contributed by atoms with E-state index in [-0.39, 0.29) is 11.5 Å². The first kappa shape index (κ1) is 17.7. The summed E-state index contributed by atoms with van der Waals surface area (Å²) in [6, 6.07) is 6.94. The van der Waals surface area contributed by atoms with Crippen molar-refractivity contribution >= 4 is 17.6 Å². The van der Waals surface area contributed by atoms with Crippen LogP contribution in [0.4, 0.5) is 24.8 Å². The Kier molecular flexibility index (Phi) is 4.77. The van der Waals surface area contributed by atoms with E-state index >= 15 is 0 Å². The van der Waals surface area contributed by atoms with Crippen LogP contribution in [0.5, 0.6) is 0 Å². The molecule has 0 bridgehead atoms. The van der Waals surface area contributed by atoms with Crippen LogP contribution < -0.4 is 5.32 Å². The van der Waals surface area contributed by atoms with E-state index in [9.17, 15) is 18.0 Å². The molecule has 128 valence electrons. The number of rotatable bonds is 3. The molecule has 8 heteroatoms. The van der Waals surface area contributed by atoms with E-state index in [2.05, 4.69) is 15.3 Å². The summed E-state index contributed by atoms with van der Waals surface area (Å²) in [7, 11) is 0. The molecule has 0 spiro atoms. The first-order chi connectivity index (χ1) is 11.0. The number of hydrogen-bond donors (Lipinski definition) is 1. The predicted octanol–water partition coefficient (Wildman–Crippen LogP) is 4.19. The molecule has 0 saturated carbocycles. The summed E-state index contributed by atoms with van der Waals surface area (Å²) in [5, 5.41) is 2.64. The molecule has 1 heterocycles. The quantitative estimate of drug-likeness (QED) is 0.849. The first-order valence-electron chi connectivity index (χ1n) is 7.05. The Labute approximate surface area is 136 Å².